The highest BCUT2D eigenvalue weighted by Crippen LogP contribution is 2.27. The Balaban J connectivity index is 2.30. The summed E-state index contributed by atoms with van der Waals surface area (Å²) in [4.78, 5) is 24.3. The highest BCUT2D eigenvalue weighted by Gasteiger charge is 2.31. The molecule has 1 aliphatic rings. The summed E-state index contributed by atoms with van der Waals surface area (Å²) < 4.78 is 4.70. The molecule has 1 fully saturated rings. The van der Waals surface area contributed by atoms with Gasteiger partial charge in [-0.3, -0.25) is 10.1 Å². The summed E-state index contributed by atoms with van der Waals surface area (Å²) in [5.41, 5.74) is 2.05. The van der Waals surface area contributed by atoms with Crippen molar-refractivity contribution in [3.8, 4) is 0 Å². The number of hydrogen-bond donors (Lipinski definition) is 0. The first-order chi connectivity index (χ1) is 9.54. The zero-order valence-corrected chi connectivity index (χ0v) is 11.7. The molecule has 0 amide bonds. The lowest BCUT2D eigenvalue weighted by Crippen LogP contribution is -2.44. The topological polar surface area (TPSA) is 72.7 Å². The first-order valence-electron chi connectivity index (χ1n) is 6.63. The van der Waals surface area contributed by atoms with Gasteiger partial charge in [-0.1, -0.05) is 0 Å². The van der Waals surface area contributed by atoms with Gasteiger partial charge < -0.3 is 9.64 Å². The number of benzene rings is 1. The molecule has 0 saturated carbocycles. The van der Waals surface area contributed by atoms with Crippen LogP contribution in [0.15, 0.2) is 18.2 Å². The predicted molar refractivity (Wildman–Crippen MR) is 74.5 cm³/mol. The minimum absolute atomic E-state index is 0.233. The summed E-state index contributed by atoms with van der Waals surface area (Å²) in [6.45, 7) is 2.48. The van der Waals surface area contributed by atoms with E-state index in [4.69, 9.17) is 4.74 Å². The fourth-order valence-corrected chi connectivity index (χ4v) is 2.60. The van der Waals surface area contributed by atoms with E-state index in [2.05, 4.69) is 0 Å². The molecule has 1 aliphatic heterocycles. The minimum atomic E-state index is -0.674. The molecule has 1 aromatic carbocycles. The molecule has 6 heteroatoms. The molecule has 0 aromatic heterocycles. The second-order valence-corrected chi connectivity index (χ2v) is 4.95. The summed E-state index contributed by atoms with van der Waals surface area (Å²) in [6, 6.07) is 5.23. The molecule has 1 aromatic rings. The number of carbonyl (C=O) groups is 1. The van der Waals surface area contributed by atoms with E-state index >= 15 is 0 Å². The molecule has 0 bridgehead atoms. The van der Waals surface area contributed by atoms with Crippen LogP contribution < -0.4 is 4.90 Å². The average molecular weight is 278 g/mol. The van der Waals surface area contributed by atoms with Crippen molar-refractivity contribution < 1.29 is 14.5 Å². The Kier molecular flexibility index (Phi) is 4.22. The lowest BCUT2D eigenvalue weighted by molar-refractivity contribution is -0.524. The molecule has 108 valence electrons. The van der Waals surface area contributed by atoms with Gasteiger partial charge in [0.05, 0.1) is 12.7 Å². The van der Waals surface area contributed by atoms with Gasteiger partial charge in [-0.15, -0.1) is 0 Å². The Hall–Kier alpha value is -2.11. The van der Waals surface area contributed by atoms with Crippen LogP contribution in [0.2, 0.25) is 0 Å². The van der Waals surface area contributed by atoms with Crippen molar-refractivity contribution in [2.24, 2.45) is 0 Å². The first-order valence-corrected chi connectivity index (χ1v) is 6.63. The van der Waals surface area contributed by atoms with E-state index in [1.807, 2.05) is 6.07 Å². The van der Waals surface area contributed by atoms with E-state index in [9.17, 15) is 14.9 Å². The minimum Gasteiger partial charge on any atom is -0.465 e. The fourth-order valence-electron chi connectivity index (χ4n) is 2.60. The first kappa shape index (κ1) is 14.3. The molecular weight excluding hydrogens is 260 g/mol. The number of hydrogen-bond acceptors (Lipinski definition) is 5. The van der Waals surface area contributed by atoms with Crippen molar-refractivity contribution in [1.82, 2.24) is 0 Å². The Morgan fingerprint density at radius 1 is 1.45 bits per heavy atom. The zero-order chi connectivity index (χ0) is 14.7. The summed E-state index contributed by atoms with van der Waals surface area (Å²) >= 11 is 0. The van der Waals surface area contributed by atoms with Gasteiger partial charge in [0.15, 0.2) is 0 Å². The van der Waals surface area contributed by atoms with Crippen molar-refractivity contribution in [2.45, 2.75) is 32.4 Å². The molecule has 20 heavy (non-hydrogen) atoms. The van der Waals surface area contributed by atoms with Gasteiger partial charge >= 0.3 is 5.97 Å². The zero-order valence-electron chi connectivity index (χ0n) is 11.7. The summed E-state index contributed by atoms with van der Waals surface area (Å²) in [7, 11) is 1.34. The maximum atomic E-state index is 11.6. The third-order valence-corrected chi connectivity index (χ3v) is 3.66. The third kappa shape index (κ3) is 2.74. The molecule has 0 spiro atoms. The summed E-state index contributed by atoms with van der Waals surface area (Å²) in [5.74, 6) is -0.390. The van der Waals surface area contributed by atoms with E-state index in [1.54, 1.807) is 24.0 Å². The third-order valence-electron chi connectivity index (χ3n) is 3.66. The standard InChI is InChI=1S/C14H18N2O4/c1-10-9-11(6-7-12(10)14(17)20-2)15-8-4-3-5-13(15)16(18)19/h6-7,9,13H,3-5,8H2,1-2H3. The number of nitro groups is 1. The van der Waals surface area contributed by atoms with Gasteiger partial charge in [0, 0.05) is 23.6 Å². The van der Waals surface area contributed by atoms with E-state index in [0.717, 1.165) is 24.1 Å². The molecule has 1 heterocycles. The molecule has 1 saturated heterocycles. The number of ether oxygens (including phenoxy) is 1. The van der Waals surface area contributed by atoms with Crippen molar-refractivity contribution in [3.05, 3.63) is 39.4 Å². The van der Waals surface area contributed by atoms with Crippen LogP contribution >= 0.6 is 0 Å². The van der Waals surface area contributed by atoms with Crippen molar-refractivity contribution in [2.75, 3.05) is 18.6 Å². The Labute approximate surface area is 117 Å². The summed E-state index contributed by atoms with van der Waals surface area (Å²) in [6.07, 6.45) is 1.71. The lowest BCUT2D eigenvalue weighted by atomic mass is 10.0. The van der Waals surface area contributed by atoms with Crippen LogP contribution in [0.4, 0.5) is 5.69 Å². The van der Waals surface area contributed by atoms with Gasteiger partial charge in [0.25, 0.3) is 6.17 Å². The SMILES string of the molecule is COC(=O)c1ccc(N2CCCCC2[N+](=O)[O-])cc1C. The van der Waals surface area contributed by atoms with Crippen LogP contribution in [0.25, 0.3) is 0 Å². The smallest absolute Gasteiger partial charge is 0.338 e. The molecule has 2 rings (SSSR count). The maximum absolute atomic E-state index is 11.6. The number of anilines is 1. The number of carbonyl (C=O) groups excluding carboxylic acids is 1. The number of aryl methyl sites for hydroxylation is 1. The van der Waals surface area contributed by atoms with Crippen LogP contribution in [0, 0.1) is 17.0 Å². The number of nitrogens with zero attached hydrogens (tertiary/aromatic N) is 2. The molecule has 6 nitrogen and oxygen atoms in total. The van der Waals surface area contributed by atoms with Crippen molar-refractivity contribution >= 4 is 11.7 Å². The van der Waals surface area contributed by atoms with Gasteiger partial charge in [-0.25, -0.2) is 4.79 Å². The number of piperidine rings is 1. The maximum Gasteiger partial charge on any atom is 0.338 e. The molecule has 0 radical (unpaired) electrons. The van der Waals surface area contributed by atoms with E-state index in [1.165, 1.54) is 7.11 Å². The van der Waals surface area contributed by atoms with E-state index in [-0.39, 0.29) is 4.92 Å². The highest BCUT2D eigenvalue weighted by molar-refractivity contribution is 5.91. The number of methoxy groups -OCH3 is 1. The molecule has 0 aliphatic carbocycles. The van der Waals surface area contributed by atoms with Gasteiger partial charge in [-0.05, 0) is 43.5 Å². The molecule has 0 N–H and O–H groups in total. The van der Waals surface area contributed by atoms with Crippen LogP contribution in [-0.2, 0) is 4.74 Å². The molecule has 1 unspecified atom stereocenters. The van der Waals surface area contributed by atoms with Gasteiger partial charge in [-0.2, -0.15) is 0 Å². The quantitative estimate of drug-likeness (QED) is 0.482. The van der Waals surface area contributed by atoms with Crippen LogP contribution in [0.1, 0.15) is 35.2 Å². The van der Waals surface area contributed by atoms with E-state index in [0.29, 0.717) is 18.5 Å². The normalized spacial score (nSPS) is 18.7. The highest BCUT2D eigenvalue weighted by atomic mass is 16.6. The van der Waals surface area contributed by atoms with Gasteiger partial charge in [0.1, 0.15) is 0 Å². The largest absolute Gasteiger partial charge is 0.465 e. The number of esters is 1. The lowest BCUT2D eigenvalue weighted by Gasteiger charge is -2.31. The van der Waals surface area contributed by atoms with Crippen LogP contribution in [0.5, 0.6) is 0 Å². The monoisotopic (exact) mass is 278 g/mol. The van der Waals surface area contributed by atoms with Crippen LogP contribution in [0.3, 0.4) is 0 Å². The fraction of sp³-hybridized carbons (Fsp3) is 0.500. The number of rotatable bonds is 3. The predicted octanol–water partition coefficient (Wildman–Crippen LogP) is 2.37. The Morgan fingerprint density at radius 3 is 2.80 bits per heavy atom. The average Bonchev–Trinajstić information content (AvgIpc) is 2.46. The molecular formula is C14H18N2O4. The second-order valence-electron chi connectivity index (χ2n) is 4.95. The van der Waals surface area contributed by atoms with E-state index < -0.39 is 12.1 Å². The second kappa shape index (κ2) is 5.90. The van der Waals surface area contributed by atoms with Gasteiger partial charge in [0.2, 0.25) is 0 Å². The van der Waals surface area contributed by atoms with Crippen molar-refractivity contribution in [1.29, 1.82) is 0 Å². The summed E-state index contributed by atoms with van der Waals surface area (Å²) in [5, 5.41) is 11.1. The molecule has 1 atom stereocenters. The Morgan fingerprint density at radius 2 is 2.20 bits per heavy atom. The van der Waals surface area contributed by atoms with Crippen LogP contribution in [-0.4, -0.2) is 30.7 Å². The van der Waals surface area contributed by atoms with Crippen molar-refractivity contribution in [3.63, 3.8) is 0 Å². The Bertz CT molecular complexity index is 530.